The number of rotatable bonds is 2. The van der Waals surface area contributed by atoms with Gasteiger partial charge < -0.3 is 10.2 Å². The molecule has 2 N–H and O–H groups in total. The quantitative estimate of drug-likeness (QED) is 0.620. The zero-order chi connectivity index (χ0) is 13.4. The van der Waals surface area contributed by atoms with Gasteiger partial charge in [0.2, 0.25) is 5.75 Å². The summed E-state index contributed by atoms with van der Waals surface area (Å²) >= 11 is 0. The minimum atomic E-state index is -0.925. The van der Waals surface area contributed by atoms with E-state index in [1.165, 1.54) is 12.1 Å². The number of fused-ring (bicyclic) bond motifs is 1. The monoisotopic (exact) mass is 250 g/mol. The van der Waals surface area contributed by atoms with E-state index in [9.17, 15) is 30.4 Å². The fourth-order valence-electron chi connectivity index (χ4n) is 1.66. The van der Waals surface area contributed by atoms with Crippen molar-refractivity contribution in [2.24, 2.45) is 0 Å². The van der Waals surface area contributed by atoms with Crippen LogP contribution in [0.2, 0.25) is 0 Å². The Morgan fingerprint density at radius 2 is 1.50 bits per heavy atom. The first-order valence-electron chi connectivity index (χ1n) is 4.69. The molecule has 0 heterocycles. The number of phenolic OH excluding ortho intramolecular Hbond substituents is 2. The van der Waals surface area contributed by atoms with Gasteiger partial charge in [-0.25, -0.2) is 0 Å². The third-order valence-electron chi connectivity index (χ3n) is 2.44. The fraction of sp³-hybridized carbons (Fsp3) is 0. The molecule has 0 saturated carbocycles. The number of hydrogen-bond acceptors (Lipinski definition) is 6. The summed E-state index contributed by atoms with van der Waals surface area (Å²) in [5, 5.41) is 40.3. The SMILES string of the molecule is O=[N+]([O-])c1cc([N+](=O)[O-])c2ccc(O)cc2c1O. The van der Waals surface area contributed by atoms with Crippen molar-refractivity contribution in [3.63, 3.8) is 0 Å². The molecule has 0 unspecified atom stereocenters. The second kappa shape index (κ2) is 3.84. The summed E-state index contributed by atoms with van der Waals surface area (Å²) < 4.78 is 0. The third-order valence-corrected chi connectivity index (χ3v) is 2.44. The van der Waals surface area contributed by atoms with Gasteiger partial charge in [0.25, 0.3) is 5.69 Å². The van der Waals surface area contributed by atoms with Gasteiger partial charge >= 0.3 is 5.69 Å². The van der Waals surface area contributed by atoms with Crippen LogP contribution in [0.5, 0.6) is 11.5 Å². The van der Waals surface area contributed by atoms with Crippen molar-refractivity contribution in [1.29, 1.82) is 0 Å². The fourth-order valence-corrected chi connectivity index (χ4v) is 1.66. The van der Waals surface area contributed by atoms with E-state index in [4.69, 9.17) is 0 Å². The summed E-state index contributed by atoms with van der Waals surface area (Å²) in [6, 6.07) is 4.13. The highest BCUT2D eigenvalue weighted by atomic mass is 16.6. The molecule has 0 fully saturated rings. The Bertz CT molecular complexity index is 682. The number of nitro groups is 2. The van der Waals surface area contributed by atoms with Crippen LogP contribution in [0.15, 0.2) is 24.3 Å². The summed E-state index contributed by atoms with van der Waals surface area (Å²) in [4.78, 5) is 19.8. The van der Waals surface area contributed by atoms with Crippen molar-refractivity contribution < 1.29 is 20.1 Å². The first-order chi connectivity index (χ1) is 8.41. The van der Waals surface area contributed by atoms with E-state index in [0.29, 0.717) is 6.07 Å². The van der Waals surface area contributed by atoms with Crippen molar-refractivity contribution in [3.05, 3.63) is 44.5 Å². The maximum absolute atomic E-state index is 10.8. The molecule has 0 atom stereocenters. The van der Waals surface area contributed by atoms with E-state index >= 15 is 0 Å². The van der Waals surface area contributed by atoms with E-state index in [1.807, 2.05) is 0 Å². The molecule has 0 bridgehead atoms. The number of aromatic hydroxyl groups is 2. The van der Waals surface area contributed by atoms with Crippen LogP contribution in [-0.2, 0) is 0 Å². The Balaban J connectivity index is 2.97. The zero-order valence-corrected chi connectivity index (χ0v) is 8.73. The Morgan fingerprint density at radius 3 is 2.06 bits per heavy atom. The van der Waals surface area contributed by atoms with E-state index in [0.717, 1.165) is 6.07 Å². The number of nitrogens with zero attached hydrogens (tertiary/aromatic N) is 2. The van der Waals surface area contributed by atoms with Gasteiger partial charge in [0.15, 0.2) is 0 Å². The summed E-state index contributed by atoms with van der Waals surface area (Å²) in [7, 11) is 0. The molecule has 8 heteroatoms. The third kappa shape index (κ3) is 1.65. The molecule has 2 aromatic carbocycles. The molecule has 8 nitrogen and oxygen atoms in total. The van der Waals surface area contributed by atoms with Crippen molar-refractivity contribution in [2.75, 3.05) is 0 Å². The van der Waals surface area contributed by atoms with Gasteiger partial charge in [-0.3, -0.25) is 20.2 Å². The highest BCUT2D eigenvalue weighted by Crippen LogP contribution is 2.41. The lowest BCUT2D eigenvalue weighted by Crippen LogP contribution is -1.95. The number of nitro benzene ring substituents is 2. The van der Waals surface area contributed by atoms with Gasteiger partial charge in [0, 0.05) is 5.39 Å². The molecule has 2 aromatic rings. The lowest BCUT2D eigenvalue weighted by molar-refractivity contribution is -0.393. The summed E-state index contributed by atoms with van der Waals surface area (Å²) in [6.07, 6.45) is 0. The highest BCUT2D eigenvalue weighted by Gasteiger charge is 2.25. The van der Waals surface area contributed by atoms with Gasteiger partial charge in [-0.05, 0) is 18.2 Å². The molecule has 0 aliphatic heterocycles. The van der Waals surface area contributed by atoms with Gasteiger partial charge in [-0.15, -0.1) is 0 Å². The average Bonchev–Trinajstić information content (AvgIpc) is 2.29. The largest absolute Gasteiger partial charge is 0.508 e. The van der Waals surface area contributed by atoms with Crippen LogP contribution in [0.1, 0.15) is 0 Å². The molecule has 0 radical (unpaired) electrons. The molecule has 18 heavy (non-hydrogen) atoms. The molecule has 92 valence electrons. The van der Waals surface area contributed by atoms with E-state index in [1.54, 1.807) is 0 Å². The van der Waals surface area contributed by atoms with Crippen molar-refractivity contribution >= 4 is 22.1 Å². The maximum atomic E-state index is 10.8. The van der Waals surface area contributed by atoms with Gasteiger partial charge in [0.05, 0.1) is 21.3 Å². The van der Waals surface area contributed by atoms with Crippen molar-refractivity contribution in [2.45, 2.75) is 0 Å². The summed E-state index contributed by atoms with van der Waals surface area (Å²) in [6.45, 7) is 0. The van der Waals surface area contributed by atoms with Crippen molar-refractivity contribution in [3.8, 4) is 11.5 Å². The summed E-state index contributed by atoms with van der Waals surface area (Å²) in [5.74, 6) is -0.968. The number of benzene rings is 2. The molecular formula is C10H6N2O6. The van der Waals surface area contributed by atoms with Crippen LogP contribution >= 0.6 is 0 Å². The van der Waals surface area contributed by atoms with Crippen LogP contribution in [0.4, 0.5) is 11.4 Å². The molecule has 0 aromatic heterocycles. The lowest BCUT2D eigenvalue weighted by Gasteiger charge is -2.04. The predicted octanol–water partition coefficient (Wildman–Crippen LogP) is 2.07. The smallest absolute Gasteiger partial charge is 0.318 e. The highest BCUT2D eigenvalue weighted by molar-refractivity contribution is 5.99. The van der Waals surface area contributed by atoms with Crippen LogP contribution in [-0.4, -0.2) is 20.1 Å². The first kappa shape index (κ1) is 11.6. The second-order valence-electron chi connectivity index (χ2n) is 3.51. The minimum absolute atomic E-state index is 0.0147. The molecule has 0 saturated heterocycles. The normalized spacial score (nSPS) is 10.4. The van der Waals surface area contributed by atoms with Crippen LogP contribution in [0, 0.1) is 20.2 Å². The molecular weight excluding hydrogens is 244 g/mol. The van der Waals surface area contributed by atoms with Crippen LogP contribution in [0.25, 0.3) is 10.8 Å². The Labute approximate surface area is 99.0 Å². The number of phenols is 2. The standard InChI is InChI=1S/C10H6N2O6/c13-5-1-2-6-7(3-5)10(14)9(12(17)18)4-8(6)11(15)16/h1-4,13-14H. The van der Waals surface area contributed by atoms with E-state index in [-0.39, 0.29) is 16.5 Å². The molecule has 2 rings (SSSR count). The minimum Gasteiger partial charge on any atom is -0.508 e. The van der Waals surface area contributed by atoms with E-state index < -0.39 is 27.0 Å². The Hall–Kier alpha value is -2.90. The van der Waals surface area contributed by atoms with Crippen LogP contribution in [0.3, 0.4) is 0 Å². The molecule has 0 aliphatic carbocycles. The lowest BCUT2D eigenvalue weighted by atomic mass is 10.1. The zero-order valence-electron chi connectivity index (χ0n) is 8.73. The summed E-state index contributed by atoms with van der Waals surface area (Å²) in [5.41, 5.74) is -1.28. The van der Waals surface area contributed by atoms with Gasteiger partial charge in [-0.1, -0.05) is 0 Å². The topological polar surface area (TPSA) is 127 Å². The molecule has 0 spiro atoms. The van der Waals surface area contributed by atoms with Crippen LogP contribution < -0.4 is 0 Å². The molecule has 0 amide bonds. The second-order valence-corrected chi connectivity index (χ2v) is 3.51. The predicted molar refractivity (Wildman–Crippen MR) is 60.6 cm³/mol. The first-order valence-corrected chi connectivity index (χ1v) is 4.69. The Morgan fingerprint density at radius 1 is 0.889 bits per heavy atom. The van der Waals surface area contributed by atoms with E-state index in [2.05, 4.69) is 0 Å². The Kier molecular flexibility index (Phi) is 2.47. The van der Waals surface area contributed by atoms with Crippen molar-refractivity contribution in [1.82, 2.24) is 0 Å². The van der Waals surface area contributed by atoms with Gasteiger partial charge in [0.1, 0.15) is 5.75 Å². The van der Waals surface area contributed by atoms with Gasteiger partial charge in [-0.2, -0.15) is 0 Å². The number of hydrogen-bond donors (Lipinski definition) is 2. The number of non-ortho nitro benzene ring substituents is 1. The maximum Gasteiger partial charge on any atom is 0.318 e. The molecule has 0 aliphatic rings. The average molecular weight is 250 g/mol.